The van der Waals surface area contributed by atoms with Crippen molar-refractivity contribution < 1.29 is 14.3 Å². The minimum absolute atomic E-state index is 0.160. The van der Waals surface area contributed by atoms with Gasteiger partial charge in [0.05, 0.1) is 35.0 Å². The highest BCUT2D eigenvalue weighted by Gasteiger charge is 2.13. The molecule has 1 fully saturated rings. The van der Waals surface area contributed by atoms with E-state index >= 15 is 0 Å². The lowest BCUT2D eigenvalue weighted by atomic mass is 10.3. The van der Waals surface area contributed by atoms with Gasteiger partial charge >= 0.3 is 0 Å². The largest absolute Gasteiger partial charge is 0.378 e. The fourth-order valence-electron chi connectivity index (χ4n) is 2.33. The molecule has 0 saturated carbocycles. The summed E-state index contributed by atoms with van der Waals surface area (Å²) in [6.07, 6.45) is 1.64. The summed E-state index contributed by atoms with van der Waals surface area (Å²) in [5.41, 5.74) is 0.631. The number of morpholine rings is 1. The molecular formula is C16H18N4O3S. The Bertz CT molecular complexity index is 723. The molecule has 0 aliphatic carbocycles. The van der Waals surface area contributed by atoms with E-state index in [4.69, 9.17) is 4.74 Å². The smallest absolute Gasteiger partial charge is 0.265 e. The van der Waals surface area contributed by atoms with Crippen LogP contribution < -0.4 is 15.5 Å². The standard InChI is InChI=1S/C16H18N4O3S/c1-11(21)18-15-5-3-13(24-15)16(22)19-12-2-4-14(17-10-12)20-6-8-23-9-7-20/h2-5,10H,6-9H2,1H3,(H,18,21)(H,19,22). The van der Waals surface area contributed by atoms with E-state index in [2.05, 4.69) is 20.5 Å². The Morgan fingerprint density at radius 1 is 1.17 bits per heavy atom. The van der Waals surface area contributed by atoms with Gasteiger partial charge in [-0.25, -0.2) is 4.98 Å². The van der Waals surface area contributed by atoms with Gasteiger partial charge in [-0.2, -0.15) is 0 Å². The molecule has 8 heteroatoms. The minimum Gasteiger partial charge on any atom is -0.378 e. The number of aromatic nitrogens is 1. The topological polar surface area (TPSA) is 83.6 Å². The van der Waals surface area contributed by atoms with Gasteiger partial charge in [0.1, 0.15) is 5.82 Å². The maximum Gasteiger partial charge on any atom is 0.265 e. The van der Waals surface area contributed by atoms with Gasteiger partial charge in [0.2, 0.25) is 5.91 Å². The number of carbonyl (C=O) groups excluding carboxylic acids is 2. The van der Waals surface area contributed by atoms with Crippen molar-refractivity contribution >= 4 is 39.7 Å². The van der Waals surface area contributed by atoms with Crippen LogP contribution in [-0.2, 0) is 9.53 Å². The summed E-state index contributed by atoms with van der Waals surface area (Å²) < 4.78 is 5.32. The second-order valence-corrected chi connectivity index (χ2v) is 6.39. The minimum atomic E-state index is -0.225. The average Bonchev–Trinajstić information content (AvgIpc) is 3.04. The van der Waals surface area contributed by atoms with Crippen LogP contribution >= 0.6 is 11.3 Å². The Kier molecular flexibility index (Phi) is 5.07. The number of nitrogens with one attached hydrogen (secondary N) is 2. The number of pyridine rings is 1. The summed E-state index contributed by atoms with van der Waals surface area (Å²) in [5.74, 6) is 0.490. The first kappa shape index (κ1) is 16.4. The van der Waals surface area contributed by atoms with Crippen molar-refractivity contribution in [1.82, 2.24) is 4.98 Å². The third-order valence-electron chi connectivity index (χ3n) is 3.47. The lowest BCUT2D eigenvalue weighted by Crippen LogP contribution is -2.36. The lowest BCUT2D eigenvalue weighted by Gasteiger charge is -2.27. The molecule has 0 atom stereocenters. The summed E-state index contributed by atoms with van der Waals surface area (Å²) in [6.45, 7) is 4.48. The second-order valence-electron chi connectivity index (χ2n) is 5.30. The fourth-order valence-corrected chi connectivity index (χ4v) is 3.18. The molecule has 2 N–H and O–H groups in total. The van der Waals surface area contributed by atoms with Crippen LogP contribution in [0.3, 0.4) is 0 Å². The molecule has 0 unspecified atom stereocenters. The van der Waals surface area contributed by atoms with E-state index in [1.54, 1.807) is 18.3 Å². The van der Waals surface area contributed by atoms with Crippen molar-refractivity contribution in [1.29, 1.82) is 0 Å². The van der Waals surface area contributed by atoms with Crippen molar-refractivity contribution in [3.05, 3.63) is 35.3 Å². The number of rotatable bonds is 4. The molecule has 0 spiro atoms. The number of hydrogen-bond donors (Lipinski definition) is 2. The predicted molar refractivity (Wildman–Crippen MR) is 93.8 cm³/mol. The fraction of sp³-hybridized carbons (Fsp3) is 0.312. The molecule has 7 nitrogen and oxygen atoms in total. The van der Waals surface area contributed by atoms with Crippen LogP contribution in [0.4, 0.5) is 16.5 Å². The van der Waals surface area contributed by atoms with Crippen LogP contribution in [0.2, 0.25) is 0 Å². The van der Waals surface area contributed by atoms with E-state index in [0.29, 0.717) is 28.8 Å². The molecule has 126 valence electrons. The normalized spacial score (nSPS) is 14.3. The van der Waals surface area contributed by atoms with Crippen molar-refractivity contribution in [2.75, 3.05) is 41.8 Å². The van der Waals surface area contributed by atoms with Crippen molar-refractivity contribution in [3.63, 3.8) is 0 Å². The first-order valence-corrected chi connectivity index (χ1v) is 8.41. The maximum atomic E-state index is 12.2. The molecule has 2 amide bonds. The third kappa shape index (κ3) is 4.09. The number of thiophene rings is 1. The average molecular weight is 346 g/mol. The molecule has 24 heavy (non-hydrogen) atoms. The van der Waals surface area contributed by atoms with Gasteiger partial charge in [0.15, 0.2) is 0 Å². The zero-order valence-corrected chi connectivity index (χ0v) is 14.1. The molecule has 1 aliphatic rings. The number of anilines is 3. The molecule has 3 rings (SSSR count). The Labute approximate surface area is 143 Å². The van der Waals surface area contributed by atoms with Crippen molar-refractivity contribution in [2.24, 2.45) is 0 Å². The summed E-state index contributed by atoms with van der Waals surface area (Å²) in [7, 11) is 0. The number of hydrogen-bond acceptors (Lipinski definition) is 6. The lowest BCUT2D eigenvalue weighted by molar-refractivity contribution is -0.114. The van der Waals surface area contributed by atoms with Gasteiger partial charge in [-0.05, 0) is 24.3 Å². The van der Waals surface area contributed by atoms with Crippen LogP contribution in [0.25, 0.3) is 0 Å². The van der Waals surface area contributed by atoms with Crippen LogP contribution in [0, 0.1) is 0 Å². The Morgan fingerprint density at radius 3 is 2.62 bits per heavy atom. The van der Waals surface area contributed by atoms with Gasteiger partial charge in [-0.3, -0.25) is 9.59 Å². The summed E-state index contributed by atoms with van der Waals surface area (Å²) in [6, 6.07) is 7.11. The molecule has 0 aromatic carbocycles. The zero-order chi connectivity index (χ0) is 16.9. The summed E-state index contributed by atoms with van der Waals surface area (Å²) in [4.78, 5) is 30.3. The quantitative estimate of drug-likeness (QED) is 0.887. The highest BCUT2D eigenvalue weighted by molar-refractivity contribution is 7.18. The van der Waals surface area contributed by atoms with E-state index in [0.717, 1.165) is 18.9 Å². The van der Waals surface area contributed by atoms with Crippen LogP contribution in [-0.4, -0.2) is 43.1 Å². The van der Waals surface area contributed by atoms with Gasteiger partial charge in [0.25, 0.3) is 5.91 Å². The first-order chi connectivity index (χ1) is 11.6. The third-order valence-corrected chi connectivity index (χ3v) is 4.47. The van der Waals surface area contributed by atoms with Gasteiger partial charge in [0, 0.05) is 20.0 Å². The Balaban J connectivity index is 1.61. The summed E-state index contributed by atoms with van der Waals surface area (Å²) >= 11 is 1.23. The number of nitrogens with zero attached hydrogens (tertiary/aromatic N) is 2. The van der Waals surface area contributed by atoms with Crippen LogP contribution in [0.15, 0.2) is 30.5 Å². The molecular weight excluding hydrogens is 328 g/mol. The maximum absolute atomic E-state index is 12.2. The van der Waals surface area contributed by atoms with E-state index in [-0.39, 0.29) is 11.8 Å². The molecule has 0 bridgehead atoms. The van der Waals surface area contributed by atoms with Gasteiger partial charge in [-0.15, -0.1) is 11.3 Å². The first-order valence-electron chi connectivity index (χ1n) is 7.59. The zero-order valence-electron chi connectivity index (χ0n) is 13.2. The van der Waals surface area contributed by atoms with Gasteiger partial charge in [-0.1, -0.05) is 0 Å². The monoisotopic (exact) mass is 346 g/mol. The highest BCUT2D eigenvalue weighted by Crippen LogP contribution is 2.23. The molecule has 2 aromatic heterocycles. The van der Waals surface area contributed by atoms with Crippen LogP contribution in [0.5, 0.6) is 0 Å². The molecule has 3 heterocycles. The van der Waals surface area contributed by atoms with E-state index in [1.165, 1.54) is 18.3 Å². The number of ether oxygens (including phenoxy) is 1. The van der Waals surface area contributed by atoms with Crippen molar-refractivity contribution in [2.45, 2.75) is 6.92 Å². The Hall–Kier alpha value is -2.45. The molecule has 2 aromatic rings. The molecule has 0 radical (unpaired) electrons. The Morgan fingerprint density at radius 2 is 1.96 bits per heavy atom. The predicted octanol–water partition coefficient (Wildman–Crippen LogP) is 2.19. The molecule has 1 aliphatic heterocycles. The number of amides is 2. The van der Waals surface area contributed by atoms with Gasteiger partial charge < -0.3 is 20.3 Å². The number of carbonyl (C=O) groups is 2. The van der Waals surface area contributed by atoms with Crippen molar-refractivity contribution in [3.8, 4) is 0 Å². The van der Waals surface area contributed by atoms with Crippen LogP contribution in [0.1, 0.15) is 16.6 Å². The second kappa shape index (κ2) is 7.41. The van der Waals surface area contributed by atoms with E-state index < -0.39 is 0 Å². The van der Waals surface area contributed by atoms with E-state index in [9.17, 15) is 9.59 Å². The SMILES string of the molecule is CC(=O)Nc1ccc(C(=O)Nc2ccc(N3CCOCC3)nc2)s1. The summed E-state index contributed by atoms with van der Waals surface area (Å²) in [5, 5.41) is 6.11. The highest BCUT2D eigenvalue weighted by atomic mass is 32.1. The van der Waals surface area contributed by atoms with E-state index in [1.807, 2.05) is 12.1 Å². The molecule has 1 saturated heterocycles.